The Bertz CT molecular complexity index is 972. The highest BCUT2D eigenvalue weighted by atomic mass is 35.5. The summed E-state index contributed by atoms with van der Waals surface area (Å²) in [4.78, 5) is 12.3. The van der Waals surface area contributed by atoms with Gasteiger partial charge < -0.3 is 10.2 Å². The molecule has 3 rings (SSSR count). The van der Waals surface area contributed by atoms with Gasteiger partial charge in [-0.3, -0.25) is 4.79 Å². The first-order chi connectivity index (χ1) is 12.6. The van der Waals surface area contributed by atoms with E-state index < -0.39 is 5.91 Å². The summed E-state index contributed by atoms with van der Waals surface area (Å²) >= 11 is 6.04. The maximum Gasteiger partial charge on any atom is 0.275 e. The predicted octanol–water partition coefficient (Wildman–Crippen LogP) is 3.93. The van der Waals surface area contributed by atoms with Crippen LogP contribution in [0.2, 0.25) is 5.02 Å². The molecule has 0 saturated carbocycles. The average Bonchev–Trinajstić information content (AvgIpc) is 2.65. The quantitative estimate of drug-likeness (QED) is 0.483. The standard InChI is InChI=1S/C20H15ClN2O3/c21-14-10-11-18(25)16(12-14)19(13-6-2-1-3-7-13)22-23-20(26)15-8-4-5-9-17(15)24/h1-12,24-25H,(H,23,26)/b22-19+. The Hall–Kier alpha value is -3.31. The molecule has 3 N–H and O–H groups in total. The molecule has 0 atom stereocenters. The minimum atomic E-state index is -0.571. The summed E-state index contributed by atoms with van der Waals surface area (Å²) in [6.45, 7) is 0. The lowest BCUT2D eigenvalue weighted by atomic mass is 10.0. The van der Waals surface area contributed by atoms with Gasteiger partial charge in [-0.25, -0.2) is 5.43 Å². The lowest BCUT2D eigenvalue weighted by molar-refractivity contribution is 0.0952. The largest absolute Gasteiger partial charge is 0.507 e. The second-order valence-electron chi connectivity index (χ2n) is 5.45. The van der Waals surface area contributed by atoms with E-state index in [0.717, 1.165) is 0 Å². The molecule has 6 heteroatoms. The third-order valence-corrected chi connectivity index (χ3v) is 3.91. The van der Waals surface area contributed by atoms with E-state index in [1.165, 1.54) is 18.2 Å². The van der Waals surface area contributed by atoms with Gasteiger partial charge in [-0.2, -0.15) is 5.10 Å². The maximum absolute atomic E-state index is 12.3. The first-order valence-electron chi connectivity index (χ1n) is 7.76. The monoisotopic (exact) mass is 366 g/mol. The van der Waals surface area contributed by atoms with Gasteiger partial charge in [-0.15, -0.1) is 0 Å². The minimum Gasteiger partial charge on any atom is -0.507 e. The Morgan fingerprint density at radius 1 is 0.846 bits per heavy atom. The van der Waals surface area contributed by atoms with Crippen molar-refractivity contribution in [3.8, 4) is 11.5 Å². The molecule has 0 fully saturated rings. The molecule has 0 aromatic heterocycles. The molecule has 130 valence electrons. The average molecular weight is 367 g/mol. The smallest absolute Gasteiger partial charge is 0.275 e. The summed E-state index contributed by atoms with van der Waals surface area (Å²) in [6.07, 6.45) is 0. The SMILES string of the molecule is O=C(N/N=C(\c1ccccc1)c1cc(Cl)ccc1O)c1ccccc1O. The minimum absolute atomic E-state index is 0.0196. The molecule has 3 aromatic carbocycles. The van der Waals surface area contributed by atoms with Crippen LogP contribution in [0.5, 0.6) is 11.5 Å². The number of benzene rings is 3. The number of phenolic OH excluding ortho intramolecular Hbond substituents is 2. The second-order valence-corrected chi connectivity index (χ2v) is 5.88. The van der Waals surface area contributed by atoms with Crippen molar-refractivity contribution in [3.05, 3.63) is 94.5 Å². The molecular formula is C20H15ClN2O3. The fourth-order valence-electron chi connectivity index (χ4n) is 2.41. The number of aromatic hydroxyl groups is 2. The number of carbonyl (C=O) groups is 1. The molecule has 0 bridgehead atoms. The van der Waals surface area contributed by atoms with Crippen LogP contribution in [0.25, 0.3) is 0 Å². The summed E-state index contributed by atoms with van der Waals surface area (Å²) in [5, 5.41) is 24.6. The van der Waals surface area contributed by atoms with Gasteiger partial charge in [-0.05, 0) is 30.3 Å². The molecule has 0 unspecified atom stereocenters. The van der Waals surface area contributed by atoms with Crippen molar-refractivity contribution in [2.75, 3.05) is 0 Å². The van der Waals surface area contributed by atoms with Crippen LogP contribution in [0, 0.1) is 0 Å². The lowest BCUT2D eigenvalue weighted by Gasteiger charge is -2.10. The van der Waals surface area contributed by atoms with Gasteiger partial charge in [0, 0.05) is 16.1 Å². The van der Waals surface area contributed by atoms with Crippen molar-refractivity contribution >= 4 is 23.2 Å². The van der Waals surface area contributed by atoms with Crippen LogP contribution in [0.3, 0.4) is 0 Å². The van der Waals surface area contributed by atoms with E-state index in [9.17, 15) is 15.0 Å². The topological polar surface area (TPSA) is 81.9 Å². The number of amides is 1. The van der Waals surface area contributed by atoms with Gasteiger partial charge in [0.25, 0.3) is 5.91 Å². The third-order valence-electron chi connectivity index (χ3n) is 3.68. The zero-order chi connectivity index (χ0) is 18.5. The zero-order valence-electron chi connectivity index (χ0n) is 13.6. The number of carbonyl (C=O) groups excluding carboxylic acids is 1. The van der Waals surface area contributed by atoms with Gasteiger partial charge in [0.1, 0.15) is 17.2 Å². The van der Waals surface area contributed by atoms with E-state index in [1.807, 2.05) is 18.2 Å². The van der Waals surface area contributed by atoms with Crippen LogP contribution in [0.4, 0.5) is 0 Å². The fourth-order valence-corrected chi connectivity index (χ4v) is 2.58. The highest BCUT2D eigenvalue weighted by Gasteiger charge is 2.15. The van der Waals surface area contributed by atoms with Crippen molar-refractivity contribution in [3.63, 3.8) is 0 Å². The van der Waals surface area contributed by atoms with Crippen LogP contribution in [0.15, 0.2) is 77.9 Å². The van der Waals surface area contributed by atoms with Crippen LogP contribution in [0.1, 0.15) is 21.5 Å². The number of para-hydroxylation sites is 1. The summed E-state index contributed by atoms with van der Waals surface area (Å²) in [5.74, 6) is -0.737. The predicted molar refractivity (Wildman–Crippen MR) is 101 cm³/mol. The van der Waals surface area contributed by atoms with Crippen molar-refractivity contribution < 1.29 is 15.0 Å². The molecule has 26 heavy (non-hydrogen) atoms. The number of hydrazone groups is 1. The first-order valence-corrected chi connectivity index (χ1v) is 8.14. The molecule has 1 amide bonds. The highest BCUT2D eigenvalue weighted by molar-refractivity contribution is 6.31. The molecule has 5 nitrogen and oxygen atoms in total. The molecule has 3 aromatic rings. The molecule has 0 aliphatic heterocycles. The molecule has 0 aliphatic rings. The second kappa shape index (κ2) is 7.72. The number of hydrogen-bond donors (Lipinski definition) is 3. The molecule has 0 saturated heterocycles. The molecule has 0 heterocycles. The number of rotatable bonds is 4. The maximum atomic E-state index is 12.3. The van der Waals surface area contributed by atoms with Crippen molar-refractivity contribution in [2.45, 2.75) is 0 Å². The van der Waals surface area contributed by atoms with Crippen molar-refractivity contribution in [2.24, 2.45) is 5.10 Å². The van der Waals surface area contributed by atoms with Crippen molar-refractivity contribution in [1.82, 2.24) is 5.43 Å². The van der Waals surface area contributed by atoms with E-state index in [4.69, 9.17) is 11.6 Å². The Labute approximate surface area is 155 Å². The molecule has 0 aliphatic carbocycles. The van der Waals surface area contributed by atoms with Gasteiger partial charge in [-0.1, -0.05) is 54.1 Å². The van der Waals surface area contributed by atoms with E-state index in [-0.39, 0.29) is 17.1 Å². The molecular weight excluding hydrogens is 352 g/mol. The van der Waals surface area contributed by atoms with E-state index in [1.54, 1.807) is 36.4 Å². The third kappa shape index (κ3) is 3.84. The van der Waals surface area contributed by atoms with E-state index >= 15 is 0 Å². The number of hydrogen-bond acceptors (Lipinski definition) is 4. The van der Waals surface area contributed by atoms with Crippen LogP contribution in [-0.4, -0.2) is 21.8 Å². The van der Waals surface area contributed by atoms with Crippen LogP contribution >= 0.6 is 11.6 Å². The Morgan fingerprint density at radius 3 is 2.23 bits per heavy atom. The Morgan fingerprint density at radius 2 is 1.50 bits per heavy atom. The van der Waals surface area contributed by atoms with Crippen molar-refractivity contribution in [1.29, 1.82) is 0 Å². The summed E-state index contributed by atoms with van der Waals surface area (Å²) < 4.78 is 0. The number of nitrogens with zero attached hydrogens (tertiary/aromatic N) is 1. The first kappa shape index (κ1) is 17.5. The van der Waals surface area contributed by atoms with Crippen LogP contribution < -0.4 is 5.43 Å². The summed E-state index contributed by atoms with van der Waals surface area (Å²) in [5.41, 5.74) is 3.92. The number of phenols is 2. The molecule has 0 spiro atoms. The van der Waals surface area contributed by atoms with Gasteiger partial charge in [0.15, 0.2) is 0 Å². The van der Waals surface area contributed by atoms with Gasteiger partial charge in [0.2, 0.25) is 0 Å². The van der Waals surface area contributed by atoms with E-state index in [0.29, 0.717) is 21.9 Å². The van der Waals surface area contributed by atoms with Crippen LogP contribution in [-0.2, 0) is 0 Å². The lowest BCUT2D eigenvalue weighted by Crippen LogP contribution is -2.20. The summed E-state index contributed by atoms with van der Waals surface area (Å²) in [7, 11) is 0. The zero-order valence-corrected chi connectivity index (χ0v) is 14.3. The number of halogens is 1. The Kier molecular flexibility index (Phi) is 5.20. The normalized spacial score (nSPS) is 11.2. The highest BCUT2D eigenvalue weighted by Crippen LogP contribution is 2.25. The van der Waals surface area contributed by atoms with Gasteiger partial charge >= 0.3 is 0 Å². The summed E-state index contributed by atoms with van der Waals surface area (Å²) in [6, 6.07) is 19.8. The van der Waals surface area contributed by atoms with E-state index in [2.05, 4.69) is 10.5 Å². The number of nitrogens with one attached hydrogen (secondary N) is 1. The molecule has 0 radical (unpaired) electrons. The Balaban J connectivity index is 2.01. The fraction of sp³-hybridized carbons (Fsp3) is 0. The van der Waals surface area contributed by atoms with Gasteiger partial charge in [0.05, 0.1) is 5.56 Å².